The van der Waals surface area contributed by atoms with Gasteiger partial charge in [-0.25, -0.2) is 9.78 Å². The first-order chi connectivity index (χ1) is 12.1. The molecule has 0 saturated carbocycles. The Balaban J connectivity index is 2.64. The van der Waals surface area contributed by atoms with Crippen molar-refractivity contribution >= 4 is 17.0 Å². The number of hydrogen-bond donors (Lipinski definition) is 1. The molecule has 0 aliphatic rings. The van der Waals surface area contributed by atoms with Crippen molar-refractivity contribution in [2.45, 2.75) is 59.1 Å². The fourth-order valence-corrected chi connectivity index (χ4v) is 3.39. The Bertz CT molecular complexity index is 789. The van der Waals surface area contributed by atoms with Gasteiger partial charge < -0.3 is 19.1 Å². The molecule has 2 aromatic rings. The molecule has 6 nitrogen and oxygen atoms in total. The molecule has 2 rings (SSSR count). The summed E-state index contributed by atoms with van der Waals surface area (Å²) in [6.07, 6.45) is 1.65. The topological polar surface area (TPSA) is 73.6 Å². The average Bonchev–Trinajstić information content (AvgIpc) is 2.85. The Morgan fingerprint density at radius 3 is 2.50 bits per heavy atom. The van der Waals surface area contributed by atoms with Crippen LogP contribution >= 0.6 is 0 Å². The van der Waals surface area contributed by atoms with Crippen molar-refractivity contribution < 1.29 is 19.4 Å². The lowest BCUT2D eigenvalue weighted by Crippen LogP contribution is -2.24. The summed E-state index contributed by atoms with van der Waals surface area (Å²) in [6, 6.07) is 1.85. The fourth-order valence-electron chi connectivity index (χ4n) is 3.39. The molecule has 0 spiro atoms. The lowest BCUT2D eigenvalue weighted by Gasteiger charge is -2.24. The largest absolute Gasteiger partial charge is 0.478 e. The highest BCUT2D eigenvalue weighted by Gasteiger charge is 2.30. The number of carbonyl (C=O) groups is 1. The highest BCUT2D eigenvalue weighted by molar-refractivity contribution is 6.05. The van der Waals surface area contributed by atoms with E-state index in [1.165, 1.54) is 0 Å². The van der Waals surface area contributed by atoms with Crippen molar-refractivity contribution in [3.05, 3.63) is 29.1 Å². The minimum atomic E-state index is -0.926. The number of hydrogen-bond acceptors (Lipinski definition) is 4. The number of nitrogens with zero attached hydrogens (tertiary/aromatic N) is 2. The van der Waals surface area contributed by atoms with Gasteiger partial charge in [0.25, 0.3) is 0 Å². The van der Waals surface area contributed by atoms with Crippen LogP contribution in [0.2, 0.25) is 0 Å². The lowest BCUT2D eigenvalue weighted by molar-refractivity contribution is 0.00433. The summed E-state index contributed by atoms with van der Waals surface area (Å²) >= 11 is 0. The van der Waals surface area contributed by atoms with Crippen LogP contribution in [-0.4, -0.2) is 47.1 Å². The van der Waals surface area contributed by atoms with E-state index in [4.69, 9.17) is 9.47 Å². The van der Waals surface area contributed by atoms with Crippen LogP contribution in [0, 0.1) is 6.92 Å². The molecule has 0 aliphatic heterocycles. The number of carboxylic acid groups (broad SMARTS) is 1. The minimum absolute atomic E-state index is 0.0647. The van der Waals surface area contributed by atoms with E-state index in [0.717, 1.165) is 10.9 Å². The third-order valence-electron chi connectivity index (χ3n) is 4.91. The van der Waals surface area contributed by atoms with Crippen LogP contribution in [0.5, 0.6) is 0 Å². The Morgan fingerprint density at radius 2 is 1.96 bits per heavy atom. The second-order valence-electron chi connectivity index (χ2n) is 7.75. The highest BCUT2D eigenvalue weighted by Crippen LogP contribution is 2.36. The van der Waals surface area contributed by atoms with Crippen molar-refractivity contribution in [2.75, 3.05) is 20.3 Å². The molecule has 26 heavy (non-hydrogen) atoms. The predicted octanol–water partition coefficient (Wildman–Crippen LogP) is 3.95. The molecule has 0 aliphatic carbocycles. The second-order valence-corrected chi connectivity index (χ2v) is 7.75. The zero-order chi connectivity index (χ0) is 19.6. The van der Waals surface area contributed by atoms with E-state index >= 15 is 0 Å². The van der Waals surface area contributed by atoms with Gasteiger partial charge in [-0.3, -0.25) is 0 Å². The SMILES string of the molecule is COCCOC(C)C(C)n1c(C)c(C(=O)O)c2c(C(C)(C)C)ccnc21. The average molecular weight is 362 g/mol. The predicted molar refractivity (Wildman–Crippen MR) is 102 cm³/mol. The van der Waals surface area contributed by atoms with Crippen LogP contribution in [0.15, 0.2) is 12.3 Å². The summed E-state index contributed by atoms with van der Waals surface area (Å²) in [4.78, 5) is 16.6. The van der Waals surface area contributed by atoms with Gasteiger partial charge in [0, 0.05) is 24.4 Å². The third-order valence-corrected chi connectivity index (χ3v) is 4.91. The molecule has 144 valence electrons. The zero-order valence-corrected chi connectivity index (χ0v) is 16.8. The molecule has 1 N–H and O–H groups in total. The van der Waals surface area contributed by atoms with Crippen LogP contribution in [0.1, 0.15) is 62.3 Å². The lowest BCUT2D eigenvalue weighted by atomic mass is 9.84. The fraction of sp³-hybridized carbons (Fsp3) is 0.600. The van der Waals surface area contributed by atoms with E-state index < -0.39 is 5.97 Å². The summed E-state index contributed by atoms with van der Waals surface area (Å²) < 4.78 is 12.9. The van der Waals surface area contributed by atoms with Crippen molar-refractivity contribution in [1.82, 2.24) is 9.55 Å². The van der Waals surface area contributed by atoms with E-state index in [9.17, 15) is 9.90 Å². The van der Waals surface area contributed by atoms with Crippen LogP contribution < -0.4 is 0 Å². The molecule has 0 radical (unpaired) electrons. The van der Waals surface area contributed by atoms with Gasteiger partial charge in [-0.05, 0) is 37.8 Å². The molecular weight excluding hydrogens is 332 g/mol. The van der Waals surface area contributed by atoms with Gasteiger partial charge in [0.05, 0.1) is 30.9 Å². The molecule has 0 bridgehead atoms. The number of aromatic nitrogens is 2. The highest BCUT2D eigenvalue weighted by atomic mass is 16.5. The first-order valence-corrected chi connectivity index (χ1v) is 8.95. The van der Waals surface area contributed by atoms with Crippen molar-refractivity contribution in [1.29, 1.82) is 0 Å². The van der Waals surface area contributed by atoms with Crippen molar-refractivity contribution in [2.24, 2.45) is 0 Å². The van der Waals surface area contributed by atoms with Crippen LogP contribution in [0.4, 0.5) is 0 Å². The van der Waals surface area contributed by atoms with Gasteiger partial charge in [0.15, 0.2) is 0 Å². The van der Waals surface area contributed by atoms with Gasteiger partial charge in [0.2, 0.25) is 0 Å². The van der Waals surface area contributed by atoms with Crippen molar-refractivity contribution in [3.63, 3.8) is 0 Å². The zero-order valence-electron chi connectivity index (χ0n) is 16.8. The maximum Gasteiger partial charge on any atom is 0.338 e. The molecule has 2 aromatic heterocycles. The monoisotopic (exact) mass is 362 g/mol. The summed E-state index contributed by atoms with van der Waals surface area (Å²) in [5, 5.41) is 10.6. The normalized spacial score (nSPS) is 14.6. The van der Waals surface area contributed by atoms with Crippen molar-refractivity contribution in [3.8, 4) is 0 Å². The smallest absolute Gasteiger partial charge is 0.338 e. The Hall–Kier alpha value is -1.92. The number of rotatable bonds is 7. The maximum absolute atomic E-state index is 12.0. The van der Waals surface area contributed by atoms with Gasteiger partial charge in [0.1, 0.15) is 5.65 Å². The van der Waals surface area contributed by atoms with Crippen LogP contribution in [-0.2, 0) is 14.9 Å². The van der Waals surface area contributed by atoms with E-state index in [1.807, 2.05) is 31.4 Å². The first kappa shape index (κ1) is 20.4. The Kier molecular flexibility index (Phi) is 6.09. The summed E-state index contributed by atoms with van der Waals surface area (Å²) in [5.74, 6) is -0.926. The van der Waals surface area contributed by atoms with E-state index in [2.05, 4.69) is 25.8 Å². The summed E-state index contributed by atoms with van der Waals surface area (Å²) in [5.41, 5.74) is 2.53. The summed E-state index contributed by atoms with van der Waals surface area (Å²) in [7, 11) is 1.64. The van der Waals surface area contributed by atoms with E-state index in [1.54, 1.807) is 13.3 Å². The van der Waals surface area contributed by atoms with E-state index in [-0.39, 0.29) is 17.6 Å². The molecule has 2 unspecified atom stereocenters. The number of aromatic carboxylic acids is 1. The Morgan fingerprint density at radius 1 is 1.31 bits per heavy atom. The minimum Gasteiger partial charge on any atom is -0.478 e. The van der Waals surface area contributed by atoms with E-state index in [0.29, 0.717) is 30.1 Å². The van der Waals surface area contributed by atoms with Crippen LogP contribution in [0.25, 0.3) is 11.0 Å². The Labute approximate surface area is 155 Å². The standard InChI is InChI=1S/C20H30N2O4/c1-12(14(3)26-11-10-25-7)22-13(2)16(19(23)24)17-15(20(4,5)6)8-9-21-18(17)22/h8-9,12,14H,10-11H2,1-7H3,(H,23,24). The number of ether oxygens (including phenoxy) is 2. The van der Waals surface area contributed by atoms with Gasteiger partial charge in [-0.15, -0.1) is 0 Å². The molecule has 0 amide bonds. The third kappa shape index (κ3) is 3.76. The van der Waals surface area contributed by atoms with Gasteiger partial charge in [-0.1, -0.05) is 20.8 Å². The molecule has 0 fully saturated rings. The molecule has 2 heterocycles. The molecular formula is C20H30N2O4. The first-order valence-electron chi connectivity index (χ1n) is 8.95. The molecule has 6 heteroatoms. The second kappa shape index (κ2) is 7.76. The number of carboxylic acids is 1. The molecule has 0 aromatic carbocycles. The maximum atomic E-state index is 12.0. The number of fused-ring (bicyclic) bond motifs is 1. The summed E-state index contributed by atoms with van der Waals surface area (Å²) in [6.45, 7) is 13.1. The quantitative estimate of drug-likeness (QED) is 0.755. The van der Waals surface area contributed by atoms with Crippen LogP contribution in [0.3, 0.4) is 0 Å². The van der Waals surface area contributed by atoms with Gasteiger partial charge >= 0.3 is 5.97 Å². The molecule has 0 saturated heterocycles. The number of methoxy groups -OCH3 is 1. The van der Waals surface area contributed by atoms with Gasteiger partial charge in [-0.2, -0.15) is 0 Å². The molecule has 2 atom stereocenters. The number of pyridine rings is 1.